The van der Waals surface area contributed by atoms with Gasteiger partial charge in [-0.1, -0.05) is 238 Å². The Hall–Kier alpha value is -6.71. The second-order valence-corrected chi connectivity index (χ2v) is 27.7. The van der Waals surface area contributed by atoms with Gasteiger partial charge in [0, 0.05) is 16.5 Å². The summed E-state index contributed by atoms with van der Waals surface area (Å²) in [5.74, 6) is 1.26. The summed E-state index contributed by atoms with van der Waals surface area (Å²) < 4.78 is 8.38. The summed E-state index contributed by atoms with van der Waals surface area (Å²) in [5, 5.41) is 7.83. The molecule has 11 aromatic rings. The monoisotopic (exact) mass is 1010 g/mol. The fourth-order valence-corrected chi connectivity index (χ4v) is 14.5. The lowest BCUT2D eigenvalue weighted by Crippen LogP contribution is -2.65. The van der Waals surface area contributed by atoms with Crippen molar-refractivity contribution in [2.75, 3.05) is 0 Å². The normalized spacial score (nSPS) is 13.9. The molecular weight excluding hydrogens is 928 g/mol. The van der Waals surface area contributed by atoms with Gasteiger partial charge in [-0.15, -0.1) is 0 Å². The van der Waals surface area contributed by atoms with Crippen molar-refractivity contribution in [2.45, 2.75) is 158 Å². The zero-order valence-electron chi connectivity index (χ0n) is 49.0. The topological polar surface area (TPSA) is 13.8 Å². The van der Waals surface area contributed by atoms with Crippen LogP contribution in [0.15, 0.2) is 133 Å². The molecule has 5 heteroatoms. The summed E-state index contributed by atoms with van der Waals surface area (Å²) in [5.41, 5.74) is 27.2. The highest BCUT2D eigenvalue weighted by molar-refractivity contribution is 7.03. The number of aromatic nitrogens is 3. The van der Waals surface area contributed by atoms with Gasteiger partial charge in [-0.3, -0.25) is 13.4 Å². The van der Waals surface area contributed by atoms with Crippen LogP contribution in [0.2, 0.25) is 0 Å². The Balaban J connectivity index is 1.44. The van der Waals surface area contributed by atoms with Gasteiger partial charge in [0.05, 0.1) is 22.1 Å². The number of hydrogen-bond donors (Lipinski definition) is 0. The maximum absolute atomic E-state index is 2.83. The molecule has 2 aliphatic rings. The first-order chi connectivity index (χ1) is 36.5. The van der Waals surface area contributed by atoms with Crippen molar-refractivity contribution in [1.82, 2.24) is 13.4 Å². The molecule has 0 N–H and O–H groups in total. The first-order valence-corrected chi connectivity index (χ1v) is 29.0. The number of benzene rings is 8. The van der Waals surface area contributed by atoms with E-state index >= 15 is 0 Å². The number of nitrogens with zero attached hydrogens (tertiary/aromatic N) is 3. The van der Waals surface area contributed by atoms with Crippen LogP contribution < -0.4 is 32.8 Å². The molecule has 5 heterocycles. The lowest BCUT2D eigenvalue weighted by molar-refractivity contribution is 0.590. The van der Waals surface area contributed by atoms with Gasteiger partial charge in [0.1, 0.15) is 11.3 Å². The Bertz CT molecular complexity index is 4030. The Labute approximate surface area is 458 Å². The van der Waals surface area contributed by atoms with E-state index in [0.29, 0.717) is 23.7 Å². The van der Waals surface area contributed by atoms with Crippen LogP contribution in [0, 0.1) is 0 Å². The molecule has 0 aliphatic carbocycles. The standard InChI is InChI=1S/C72H77B2N3/c1-40(2)47-26-22-27-48(41(3)4)61(47)73-57-38-46(72(15,16)17)39-58-67(57)77-68-63(73)53-24-18-20-30-59(53)75(68)65-51-34-32-44(70(9,10)11)36-55(51)56-37-45(71(12,13)14)33-35-52(56)66(65)76-60-31-21-19-25-54(60)64(69(76)77)74(58)62-49(42(5)6)28-23-29-50(62)43(7)8/h18-43H,1-17H3. The average molecular weight is 1010 g/mol. The van der Waals surface area contributed by atoms with E-state index < -0.39 is 0 Å². The minimum atomic E-state index is -0.134. The van der Waals surface area contributed by atoms with Crippen LogP contribution in [0.5, 0.6) is 0 Å². The zero-order chi connectivity index (χ0) is 54.3. The van der Waals surface area contributed by atoms with E-state index in [9.17, 15) is 0 Å². The van der Waals surface area contributed by atoms with Crippen molar-refractivity contribution in [3.8, 4) is 5.69 Å². The highest BCUT2D eigenvalue weighted by Crippen LogP contribution is 2.44. The highest BCUT2D eigenvalue weighted by Gasteiger charge is 2.47. The molecule has 0 bridgehead atoms. The summed E-state index contributed by atoms with van der Waals surface area (Å²) >= 11 is 0. The molecule has 13 rings (SSSR count). The quantitative estimate of drug-likeness (QED) is 0.116. The van der Waals surface area contributed by atoms with Crippen molar-refractivity contribution in [3.63, 3.8) is 0 Å². The van der Waals surface area contributed by atoms with Crippen molar-refractivity contribution >= 4 is 112 Å². The van der Waals surface area contributed by atoms with Crippen LogP contribution in [0.3, 0.4) is 0 Å². The predicted octanol–water partition coefficient (Wildman–Crippen LogP) is 15.4. The molecule has 0 saturated heterocycles. The van der Waals surface area contributed by atoms with Crippen molar-refractivity contribution in [1.29, 1.82) is 0 Å². The molecule has 0 atom stereocenters. The molecule has 386 valence electrons. The predicted molar refractivity (Wildman–Crippen MR) is 339 cm³/mol. The molecule has 0 saturated carbocycles. The Morgan fingerprint density at radius 2 is 0.688 bits per heavy atom. The van der Waals surface area contributed by atoms with Crippen LogP contribution >= 0.6 is 0 Å². The van der Waals surface area contributed by atoms with Gasteiger partial charge in [0.2, 0.25) is 13.4 Å². The summed E-state index contributed by atoms with van der Waals surface area (Å²) in [4.78, 5) is 0. The summed E-state index contributed by atoms with van der Waals surface area (Å²) in [6.45, 7) is 40.7. The summed E-state index contributed by atoms with van der Waals surface area (Å²) in [6.07, 6.45) is 0. The SMILES string of the molecule is CC(C)c1cccc(C(C)C)c1B1c2cc(C(C)(C)C)cc3c2-n2c4c1c1ccccc1n4c1c4ccc(C(C)(C)C)cc4c4cc(C(C)(C)C)ccc4c1n1c4ccccc4c(c21)B3c1c(C(C)C)cccc1C(C)C. The third-order valence-corrected chi connectivity index (χ3v) is 18.3. The van der Waals surface area contributed by atoms with Gasteiger partial charge in [-0.2, -0.15) is 0 Å². The van der Waals surface area contributed by atoms with E-state index in [4.69, 9.17) is 0 Å². The van der Waals surface area contributed by atoms with Gasteiger partial charge >= 0.3 is 0 Å². The molecule has 0 fully saturated rings. The van der Waals surface area contributed by atoms with Crippen molar-refractivity contribution in [3.05, 3.63) is 172 Å². The molecule has 77 heavy (non-hydrogen) atoms. The highest BCUT2D eigenvalue weighted by atomic mass is 15.2. The largest absolute Gasteiger partial charge is 0.293 e. The smallest absolute Gasteiger partial charge is 0.250 e. The third kappa shape index (κ3) is 7.03. The summed E-state index contributed by atoms with van der Waals surface area (Å²) in [6, 6.07) is 53.8. The maximum atomic E-state index is 2.83. The molecule has 0 amide bonds. The van der Waals surface area contributed by atoms with Gasteiger partial charge in [0.15, 0.2) is 0 Å². The Morgan fingerprint density at radius 3 is 1.03 bits per heavy atom. The molecule has 0 spiro atoms. The first-order valence-electron chi connectivity index (χ1n) is 29.0. The number of para-hydroxylation sites is 2. The van der Waals surface area contributed by atoms with Gasteiger partial charge in [-0.25, -0.2) is 0 Å². The molecule has 8 aromatic carbocycles. The van der Waals surface area contributed by atoms with Crippen LogP contribution in [-0.2, 0) is 16.2 Å². The fraction of sp³-hybridized carbons (Fsp3) is 0.333. The number of rotatable bonds is 6. The van der Waals surface area contributed by atoms with E-state index in [2.05, 4.69) is 265 Å². The second-order valence-electron chi connectivity index (χ2n) is 27.7. The lowest BCUT2D eigenvalue weighted by atomic mass is 9.29. The molecule has 2 aliphatic heterocycles. The van der Waals surface area contributed by atoms with Crippen LogP contribution in [0.4, 0.5) is 0 Å². The van der Waals surface area contributed by atoms with Crippen molar-refractivity contribution in [2.24, 2.45) is 0 Å². The molecule has 0 radical (unpaired) electrons. The van der Waals surface area contributed by atoms with Crippen LogP contribution in [0.25, 0.3) is 71.4 Å². The Morgan fingerprint density at radius 1 is 0.338 bits per heavy atom. The first kappa shape index (κ1) is 49.8. The third-order valence-electron chi connectivity index (χ3n) is 18.3. The summed E-state index contributed by atoms with van der Waals surface area (Å²) in [7, 11) is 0. The molecule has 3 aromatic heterocycles. The van der Waals surface area contributed by atoms with Crippen LogP contribution in [-0.4, -0.2) is 26.8 Å². The molecular formula is C72H77B2N3. The minimum Gasteiger partial charge on any atom is -0.293 e. The van der Waals surface area contributed by atoms with E-state index in [1.54, 1.807) is 0 Å². The van der Waals surface area contributed by atoms with Gasteiger partial charge in [-0.05, 0) is 147 Å². The second kappa shape index (κ2) is 16.9. The minimum absolute atomic E-state index is 0.0458. The molecule has 0 unspecified atom stereocenters. The van der Waals surface area contributed by atoms with E-state index in [1.807, 2.05) is 0 Å². The zero-order valence-corrected chi connectivity index (χ0v) is 49.0. The fourth-order valence-electron chi connectivity index (χ4n) is 14.5. The van der Waals surface area contributed by atoms with E-state index in [-0.39, 0.29) is 29.7 Å². The lowest BCUT2D eigenvalue weighted by Gasteiger charge is -2.38. The molecule has 3 nitrogen and oxygen atoms in total. The Kier molecular flexibility index (Phi) is 10.9. The van der Waals surface area contributed by atoms with E-state index in [0.717, 1.165) is 0 Å². The van der Waals surface area contributed by atoms with Gasteiger partial charge in [0.25, 0.3) is 0 Å². The maximum Gasteiger partial charge on any atom is 0.250 e. The number of fused-ring (bicyclic) bond motifs is 14. The van der Waals surface area contributed by atoms with Crippen LogP contribution in [0.1, 0.15) is 180 Å². The van der Waals surface area contributed by atoms with Crippen molar-refractivity contribution < 1.29 is 0 Å². The number of hydrogen-bond acceptors (Lipinski definition) is 0. The average Bonchev–Trinajstić information content (AvgIpc) is 2.92. The van der Waals surface area contributed by atoms with Gasteiger partial charge < -0.3 is 0 Å². The van der Waals surface area contributed by atoms with E-state index in [1.165, 1.54) is 143 Å².